The molecule has 1 fully saturated rings. The summed E-state index contributed by atoms with van der Waals surface area (Å²) < 4.78 is 30.8. The van der Waals surface area contributed by atoms with Gasteiger partial charge in [-0.15, -0.1) is 0 Å². The van der Waals surface area contributed by atoms with Crippen molar-refractivity contribution in [2.75, 3.05) is 11.9 Å². The zero-order valence-corrected chi connectivity index (χ0v) is 8.50. The fourth-order valence-electron chi connectivity index (χ4n) is 1.63. The minimum absolute atomic E-state index is 0.109. The number of hydrogen-bond acceptors (Lipinski definition) is 2. The molecule has 1 saturated heterocycles. The van der Waals surface area contributed by atoms with Gasteiger partial charge in [-0.1, -0.05) is 0 Å². The van der Waals surface area contributed by atoms with Crippen LogP contribution in [0.3, 0.4) is 0 Å². The highest BCUT2D eigenvalue weighted by atomic mass is 19.1. The van der Waals surface area contributed by atoms with Crippen LogP contribution in [0, 0.1) is 11.6 Å². The van der Waals surface area contributed by atoms with Crippen molar-refractivity contribution in [1.29, 1.82) is 0 Å². The van der Waals surface area contributed by atoms with Gasteiger partial charge in [0.15, 0.2) is 0 Å². The molecule has 0 aromatic heterocycles. The molecule has 1 atom stereocenters. The quantitative estimate of drug-likeness (QED) is 0.840. The van der Waals surface area contributed by atoms with Crippen LogP contribution in [0.2, 0.25) is 0 Å². The average molecular weight is 227 g/mol. The van der Waals surface area contributed by atoms with Crippen molar-refractivity contribution in [3.8, 4) is 0 Å². The van der Waals surface area contributed by atoms with Crippen molar-refractivity contribution < 1.29 is 18.3 Å². The van der Waals surface area contributed by atoms with E-state index in [0.717, 1.165) is 24.6 Å². The number of ether oxygens (including phenoxy) is 1. The molecule has 5 heteroatoms. The molecule has 1 aromatic rings. The van der Waals surface area contributed by atoms with E-state index in [1.165, 1.54) is 0 Å². The lowest BCUT2D eigenvalue weighted by atomic mass is 10.2. The highest BCUT2D eigenvalue weighted by Crippen LogP contribution is 2.17. The van der Waals surface area contributed by atoms with Crippen LogP contribution in [-0.2, 0) is 9.53 Å². The Kier molecular flexibility index (Phi) is 3.14. The maximum Gasteiger partial charge on any atom is 0.253 e. The fourth-order valence-corrected chi connectivity index (χ4v) is 1.63. The van der Waals surface area contributed by atoms with E-state index in [9.17, 15) is 13.6 Å². The van der Waals surface area contributed by atoms with Crippen LogP contribution >= 0.6 is 0 Å². The number of rotatable bonds is 2. The van der Waals surface area contributed by atoms with E-state index < -0.39 is 17.7 Å². The summed E-state index contributed by atoms with van der Waals surface area (Å²) in [4.78, 5) is 11.6. The van der Waals surface area contributed by atoms with E-state index >= 15 is 0 Å². The van der Waals surface area contributed by atoms with Crippen LogP contribution in [0.1, 0.15) is 12.8 Å². The smallest absolute Gasteiger partial charge is 0.253 e. The van der Waals surface area contributed by atoms with Crippen LogP contribution in [0.25, 0.3) is 0 Å². The summed E-state index contributed by atoms with van der Waals surface area (Å²) in [6.45, 7) is 0.551. The molecule has 2 rings (SSSR count). The van der Waals surface area contributed by atoms with E-state index in [4.69, 9.17) is 4.74 Å². The molecule has 0 spiro atoms. The first-order chi connectivity index (χ1) is 7.65. The van der Waals surface area contributed by atoms with Crippen molar-refractivity contribution in [2.45, 2.75) is 18.9 Å². The number of hydrogen-bond donors (Lipinski definition) is 1. The second-order valence-electron chi connectivity index (χ2n) is 3.65. The second-order valence-corrected chi connectivity index (χ2v) is 3.65. The predicted octanol–water partition coefficient (Wildman–Crippen LogP) is 2.08. The van der Waals surface area contributed by atoms with Gasteiger partial charge in [0.05, 0.1) is 0 Å². The molecule has 86 valence electrons. The zero-order chi connectivity index (χ0) is 11.5. The Morgan fingerprint density at radius 3 is 2.56 bits per heavy atom. The van der Waals surface area contributed by atoms with Gasteiger partial charge in [-0.05, 0) is 25.0 Å². The summed E-state index contributed by atoms with van der Waals surface area (Å²) >= 11 is 0. The van der Waals surface area contributed by atoms with Gasteiger partial charge in [-0.2, -0.15) is 0 Å². The molecule has 1 heterocycles. The number of carbonyl (C=O) groups excluding carboxylic acids is 1. The third-order valence-electron chi connectivity index (χ3n) is 2.35. The SMILES string of the molecule is O=C(Nc1cc(F)cc(F)c1)[C@@H]1CCCO1. The van der Waals surface area contributed by atoms with E-state index in [1.807, 2.05) is 0 Å². The number of nitrogens with one attached hydrogen (secondary N) is 1. The van der Waals surface area contributed by atoms with Crippen LogP contribution in [0.5, 0.6) is 0 Å². The second kappa shape index (κ2) is 4.57. The Labute approximate surface area is 91.4 Å². The van der Waals surface area contributed by atoms with Crippen LogP contribution in [-0.4, -0.2) is 18.6 Å². The first-order valence-corrected chi connectivity index (χ1v) is 5.04. The molecule has 3 nitrogen and oxygen atoms in total. The Bertz CT molecular complexity index is 383. The number of amides is 1. The fraction of sp³-hybridized carbons (Fsp3) is 0.364. The number of halogens is 2. The van der Waals surface area contributed by atoms with E-state index in [1.54, 1.807) is 0 Å². The molecule has 0 saturated carbocycles. The molecule has 1 aliphatic heterocycles. The lowest BCUT2D eigenvalue weighted by Gasteiger charge is -2.10. The van der Waals surface area contributed by atoms with Crippen LogP contribution in [0.4, 0.5) is 14.5 Å². The van der Waals surface area contributed by atoms with Crippen molar-refractivity contribution in [3.05, 3.63) is 29.8 Å². The summed E-state index contributed by atoms with van der Waals surface area (Å²) in [6, 6.07) is 2.88. The third kappa shape index (κ3) is 2.55. The largest absolute Gasteiger partial charge is 0.368 e. The minimum atomic E-state index is -0.720. The van der Waals surface area contributed by atoms with Gasteiger partial charge in [-0.3, -0.25) is 4.79 Å². The third-order valence-corrected chi connectivity index (χ3v) is 2.35. The van der Waals surface area contributed by atoms with E-state index in [2.05, 4.69) is 5.32 Å². The predicted molar refractivity (Wildman–Crippen MR) is 54.0 cm³/mol. The van der Waals surface area contributed by atoms with Crippen LogP contribution < -0.4 is 5.32 Å². The number of carbonyl (C=O) groups is 1. The summed E-state index contributed by atoms with van der Waals surface area (Å²) in [5.41, 5.74) is 0.109. The molecule has 0 radical (unpaired) electrons. The number of anilines is 1. The molecule has 0 aliphatic carbocycles. The molecule has 16 heavy (non-hydrogen) atoms. The normalized spacial score (nSPS) is 19.8. The van der Waals surface area contributed by atoms with Crippen molar-refractivity contribution in [2.24, 2.45) is 0 Å². The highest BCUT2D eigenvalue weighted by Gasteiger charge is 2.23. The summed E-state index contributed by atoms with van der Waals surface area (Å²) in [5.74, 6) is -1.80. The molecule has 1 aliphatic rings. The monoisotopic (exact) mass is 227 g/mol. The van der Waals surface area contributed by atoms with Gasteiger partial charge in [0.2, 0.25) is 0 Å². The minimum Gasteiger partial charge on any atom is -0.368 e. The summed E-state index contributed by atoms with van der Waals surface area (Å²) in [6.07, 6.45) is 0.963. The van der Waals surface area contributed by atoms with Gasteiger partial charge in [-0.25, -0.2) is 8.78 Å². The molecule has 1 N–H and O–H groups in total. The average Bonchev–Trinajstić information content (AvgIpc) is 2.68. The van der Waals surface area contributed by atoms with E-state index in [0.29, 0.717) is 13.0 Å². The number of benzene rings is 1. The Balaban J connectivity index is 2.05. The lowest BCUT2D eigenvalue weighted by Crippen LogP contribution is -2.26. The molecule has 1 amide bonds. The maximum absolute atomic E-state index is 12.8. The molecular formula is C11H11F2NO2. The molecule has 0 unspecified atom stereocenters. The van der Waals surface area contributed by atoms with E-state index in [-0.39, 0.29) is 11.6 Å². The first-order valence-electron chi connectivity index (χ1n) is 5.04. The topological polar surface area (TPSA) is 38.3 Å². The lowest BCUT2D eigenvalue weighted by molar-refractivity contribution is -0.124. The summed E-state index contributed by atoms with van der Waals surface area (Å²) in [7, 11) is 0. The van der Waals surface area contributed by atoms with Crippen molar-refractivity contribution in [3.63, 3.8) is 0 Å². The van der Waals surface area contributed by atoms with Crippen molar-refractivity contribution in [1.82, 2.24) is 0 Å². The zero-order valence-electron chi connectivity index (χ0n) is 8.50. The van der Waals surface area contributed by atoms with Gasteiger partial charge in [0.25, 0.3) is 5.91 Å². The molecule has 0 bridgehead atoms. The Morgan fingerprint density at radius 1 is 1.31 bits per heavy atom. The standard InChI is InChI=1S/C11H11F2NO2/c12-7-4-8(13)6-9(5-7)14-11(15)10-2-1-3-16-10/h4-6,10H,1-3H2,(H,14,15)/t10-/m0/s1. The van der Waals surface area contributed by atoms with Gasteiger partial charge >= 0.3 is 0 Å². The Morgan fingerprint density at radius 2 is 2.00 bits per heavy atom. The van der Waals surface area contributed by atoms with Gasteiger partial charge in [0.1, 0.15) is 17.7 Å². The van der Waals surface area contributed by atoms with Crippen molar-refractivity contribution >= 4 is 11.6 Å². The first kappa shape index (κ1) is 11.0. The molecular weight excluding hydrogens is 216 g/mol. The highest BCUT2D eigenvalue weighted by molar-refractivity contribution is 5.94. The maximum atomic E-state index is 12.8. The van der Waals surface area contributed by atoms with Gasteiger partial charge in [0, 0.05) is 18.4 Å². The Hall–Kier alpha value is -1.49. The van der Waals surface area contributed by atoms with Crippen LogP contribution in [0.15, 0.2) is 18.2 Å². The van der Waals surface area contributed by atoms with Gasteiger partial charge < -0.3 is 10.1 Å². The molecule has 1 aromatic carbocycles. The summed E-state index contributed by atoms with van der Waals surface area (Å²) in [5, 5.41) is 2.42.